The van der Waals surface area contributed by atoms with E-state index in [9.17, 15) is 0 Å². The minimum absolute atomic E-state index is 0.00887. The highest BCUT2D eigenvalue weighted by molar-refractivity contribution is 4.85. The van der Waals surface area contributed by atoms with Gasteiger partial charge in [0, 0.05) is 5.54 Å². The second kappa shape index (κ2) is 5.16. The van der Waals surface area contributed by atoms with Gasteiger partial charge in [-0.15, -0.1) is 0 Å². The summed E-state index contributed by atoms with van der Waals surface area (Å²) >= 11 is 0. The van der Waals surface area contributed by atoms with Crippen LogP contribution in [0.3, 0.4) is 0 Å². The number of hydrogen-bond acceptors (Lipinski definition) is 1. The molecule has 2 N–H and O–H groups in total. The van der Waals surface area contributed by atoms with Crippen molar-refractivity contribution in [1.29, 1.82) is 0 Å². The minimum Gasteiger partial charge on any atom is -0.325 e. The van der Waals surface area contributed by atoms with E-state index in [1.54, 1.807) is 0 Å². The van der Waals surface area contributed by atoms with Crippen molar-refractivity contribution in [3.8, 4) is 0 Å². The summed E-state index contributed by atoms with van der Waals surface area (Å²) < 4.78 is 0. The largest absolute Gasteiger partial charge is 0.325 e. The molecule has 1 heteroatoms. The van der Waals surface area contributed by atoms with E-state index in [2.05, 4.69) is 41.5 Å². The quantitative estimate of drug-likeness (QED) is 0.712. The first-order valence-corrected chi connectivity index (χ1v) is 5.99. The van der Waals surface area contributed by atoms with Crippen LogP contribution in [0.5, 0.6) is 0 Å². The summed E-state index contributed by atoms with van der Waals surface area (Å²) in [6.45, 7) is 13.5. The molecule has 0 saturated heterocycles. The molecular weight excluding hydrogens is 170 g/mol. The molecule has 0 fully saturated rings. The van der Waals surface area contributed by atoms with Gasteiger partial charge in [0.2, 0.25) is 0 Å². The van der Waals surface area contributed by atoms with Crippen molar-refractivity contribution in [3.63, 3.8) is 0 Å². The molecular formula is C13H29N. The van der Waals surface area contributed by atoms with E-state index in [4.69, 9.17) is 5.73 Å². The Balaban J connectivity index is 4.18. The zero-order chi connectivity index (χ0) is 11.4. The monoisotopic (exact) mass is 199 g/mol. The van der Waals surface area contributed by atoms with Crippen LogP contribution in [-0.4, -0.2) is 5.54 Å². The first kappa shape index (κ1) is 14.0. The van der Waals surface area contributed by atoms with Crippen LogP contribution < -0.4 is 5.73 Å². The lowest BCUT2D eigenvalue weighted by Gasteiger charge is -2.34. The topological polar surface area (TPSA) is 26.0 Å². The molecule has 0 aromatic rings. The molecule has 0 aliphatic rings. The zero-order valence-electron chi connectivity index (χ0n) is 11.0. The van der Waals surface area contributed by atoms with Crippen LogP contribution in [-0.2, 0) is 0 Å². The van der Waals surface area contributed by atoms with Gasteiger partial charge in [-0.25, -0.2) is 0 Å². The Labute approximate surface area is 90.5 Å². The molecule has 14 heavy (non-hydrogen) atoms. The average molecular weight is 199 g/mol. The Kier molecular flexibility index (Phi) is 5.14. The Bertz CT molecular complexity index is 149. The summed E-state index contributed by atoms with van der Waals surface area (Å²) in [7, 11) is 0. The van der Waals surface area contributed by atoms with E-state index >= 15 is 0 Å². The zero-order valence-corrected chi connectivity index (χ0v) is 11.0. The van der Waals surface area contributed by atoms with E-state index in [1.807, 2.05) is 0 Å². The molecule has 0 bridgehead atoms. The maximum Gasteiger partial charge on any atom is 0.0133 e. The first-order chi connectivity index (χ1) is 6.20. The van der Waals surface area contributed by atoms with Gasteiger partial charge in [0.25, 0.3) is 0 Å². The van der Waals surface area contributed by atoms with Gasteiger partial charge in [0.15, 0.2) is 0 Å². The van der Waals surface area contributed by atoms with E-state index in [-0.39, 0.29) is 5.54 Å². The minimum atomic E-state index is 0.00887. The summed E-state index contributed by atoms with van der Waals surface area (Å²) in [5.41, 5.74) is 6.71. The van der Waals surface area contributed by atoms with Crippen molar-refractivity contribution < 1.29 is 0 Å². The molecule has 0 aliphatic heterocycles. The van der Waals surface area contributed by atoms with Crippen LogP contribution in [0.4, 0.5) is 0 Å². The number of nitrogens with two attached hydrogens (primary N) is 1. The fourth-order valence-corrected chi connectivity index (χ4v) is 2.52. The highest BCUT2D eigenvalue weighted by atomic mass is 14.7. The molecule has 1 atom stereocenters. The summed E-state index contributed by atoms with van der Waals surface area (Å²) in [6.07, 6.45) is 4.79. The third-order valence-corrected chi connectivity index (χ3v) is 2.84. The summed E-state index contributed by atoms with van der Waals surface area (Å²) in [5.74, 6) is 0.798. The molecule has 1 nitrogen and oxygen atoms in total. The van der Waals surface area contributed by atoms with Crippen LogP contribution in [0.15, 0.2) is 0 Å². The predicted molar refractivity (Wildman–Crippen MR) is 65.4 cm³/mol. The van der Waals surface area contributed by atoms with Crippen LogP contribution in [0.2, 0.25) is 0 Å². The summed E-state index contributed by atoms with van der Waals surface area (Å²) in [6, 6.07) is 0. The van der Waals surface area contributed by atoms with Gasteiger partial charge in [0.1, 0.15) is 0 Å². The maximum atomic E-state index is 6.35. The molecule has 1 unspecified atom stereocenters. The van der Waals surface area contributed by atoms with Crippen LogP contribution in [0.25, 0.3) is 0 Å². The lowest BCUT2D eigenvalue weighted by molar-refractivity contribution is 0.225. The standard InChI is InChI=1S/C13H29N/c1-7-11(8-2)9-13(6,14)10-12(3,4)5/h11H,7-10,14H2,1-6H3. The Morgan fingerprint density at radius 1 is 1.00 bits per heavy atom. The molecule has 0 rings (SSSR count). The Hall–Kier alpha value is -0.0400. The second-order valence-corrected chi connectivity index (χ2v) is 6.28. The van der Waals surface area contributed by atoms with Crippen molar-refractivity contribution in [3.05, 3.63) is 0 Å². The van der Waals surface area contributed by atoms with Crippen molar-refractivity contribution in [2.45, 2.75) is 72.8 Å². The highest BCUT2D eigenvalue weighted by Gasteiger charge is 2.27. The lowest BCUT2D eigenvalue weighted by Crippen LogP contribution is -2.41. The van der Waals surface area contributed by atoms with E-state index < -0.39 is 0 Å². The number of rotatable bonds is 5. The van der Waals surface area contributed by atoms with Crippen LogP contribution >= 0.6 is 0 Å². The van der Waals surface area contributed by atoms with Crippen molar-refractivity contribution in [2.24, 2.45) is 17.1 Å². The molecule has 86 valence electrons. The highest BCUT2D eigenvalue weighted by Crippen LogP contribution is 2.31. The van der Waals surface area contributed by atoms with Gasteiger partial charge in [-0.2, -0.15) is 0 Å². The van der Waals surface area contributed by atoms with E-state index in [0.717, 1.165) is 18.8 Å². The first-order valence-electron chi connectivity index (χ1n) is 5.99. The lowest BCUT2D eigenvalue weighted by atomic mass is 9.76. The van der Waals surface area contributed by atoms with Gasteiger partial charge in [-0.1, -0.05) is 47.5 Å². The Morgan fingerprint density at radius 3 is 1.71 bits per heavy atom. The van der Waals surface area contributed by atoms with Crippen LogP contribution in [0.1, 0.15) is 67.2 Å². The smallest absolute Gasteiger partial charge is 0.0133 e. The third-order valence-electron chi connectivity index (χ3n) is 2.84. The molecule has 0 heterocycles. The average Bonchev–Trinajstić information content (AvgIpc) is 1.95. The molecule has 0 radical (unpaired) electrons. The molecule has 0 aliphatic carbocycles. The van der Waals surface area contributed by atoms with E-state index in [1.165, 1.54) is 12.8 Å². The Morgan fingerprint density at radius 2 is 1.43 bits per heavy atom. The predicted octanol–water partition coefficient (Wildman–Crippen LogP) is 3.97. The fraction of sp³-hybridized carbons (Fsp3) is 1.00. The van der Waals surface area contributed by atoms with Crippen molar-refractivity contribution in [1.82, 2.24) is 0 Å². The summed E-state index contributed by atoms with van der Waals surface area (Å²) in [4.78, 5) is 0. The third kappa shape index (κ3) is 6.42. The fourth-order valence-electron chi connectivity index (χ4n) is 2.52. The van der Waals surface area contributed by atoms with Gasteiger partial charge in [0.05, 0.1) is 0 Å². The van der Waals surface area contributed by atoms with Crippen LogP contribution in [0, 0.1) is 11.3 Å². The van der Waals surface area contributed by atoms with Crippen molar-refractivity contribution >= 4 is 0 Å². The maximum absolute atomic E-state index is 6.35. The van der Waals surface area contributed by atoms with Crippen molar-refractivity contribution in [2.75, 3.05) is 0 Å². The summed E-state index contributed by atoms with van der Waals surface area (Å²) in [5, 5.41) is 0. The van der Waals surface area contributed by atoms with Gasteiger partial charge in [-0.3, -0.25) is 0 Å². The van der Waals surface area contributed by atoms with Gasteiger partial charge in [-0.05, 0) is 31.1 Å². The molecule has 0 aromatic heterocycles. The van der Waals surface area contributed by atoms with E-state index in [0.29, 0.717) is 5.41 Å². The molecule has 0 saturated carbocycles. The number of hydrogen-bond donors (Lipinski definition) is 1. The van der Waals surface area contributed by atoms with Gasteiger partial charge >= 0.3 is 0 Å². The SMILES string of the molecule is CCC(CC)CC(C)(N)CC(C)(C)C. The normalized spacial score (nSPS) is 17.1. The molecule has 0 aromatic carbocycles. The molecule has 0 amide bonds. The van der Waals surface area contributed by atoms with Gasteiger partial charge < -0.3 is 5.73 Å². The second-order valence-electron chi connectivity index (χ2n) is 6.28. The molecule has 0 spiro atoms.